The number of hydrogen-bond acceptors (Lipinski definition) is 1. The van der Waals surface area contributed by atoms with E-state index in [1.54, 1.807) is 6.07 Å². The third kappa shape index (κ3) is 4.61. The van der Waals surface area contributed by atoms with E-state index in [1.165, 1.54) is 6.07 Å². The molecule has 0 saturated carbocycles. The number of nitrogens with one attached hydrogen (secondary N) is 1. The molecule has 0 fully saturated rings. The highest BCUT2D eigenvalue weighted by molar-refractivity contribution is 5.27. The molecule has 0 saturated heterocycles. The maximum absolute atomic E-state index is 13.5. The Kier molecular flexibility index (Phi) is 7.07. The van der Waals surface area contributed by atoms with E-state index in [-0.39, 0.29) is 11.2 Å². The van der Waals surface area contributed by atoms with Crippen molar-refractivity contribution >= 4 is 0 Å². The second kappa shape index (κ2) is 8.31. The Morgan fingerprint density at radius 2 is 1.74 bits per heavy atom. The van der Waals surface area contributed by atoms with E-state index in [2.05, 4.69) is 32.2 Å². The molecule has 0 aliphatic rings. The summed E-state index contributed by atoms with van der Waals surface area (Å²) >= 11 is 0. The van der Waals surface area contributed by atoms with Gasteiger partial charge in [0, 0.05) is 12.0 Å². The van der Waals surface area contributed by atoms with E-state index in [0.29, 0.717) is 0 Å². The second-order valence-electron chi connectivity index (χ2n) is 5.47. The van der Waals surface area contributed by atoms with Gasteiger partial charge in [0.15, 0.2) is 0 Å². The van der Waals surface area contributed by atoms with Gasteiger partial charge in [-0.1, -0.05) is 45.7 Å². The van der Waals surface area contributed by atoms with Crippen LogP contribution >= 0.6 is 0 Å². The summed E-state index contributed by atoms with van der Waals surface area (Å²) in [7, 11) is 0. The highest BCUT2D eigenvalue weighted by Gasteiger charge is 2.30. The van der Waals surface area contributed by atoms with Crippen molar-refractivity contribution in [2.24, 2.45) is 0 Å². The summed E-state index contributed by atoms with van der Waals surface area (Å²) in [6.45, 7) is 8.58. The first kappa shape index (κ1) is 16.2. The molecular formula is C17H28FN. The summed E-state index contributed by atoms with van der Waals surface area (Å²) in [6, 6.07) is 7.18. The van der Waals surface area contributed by atoms with Gasteiger partial charge in [0.05, 0.1) is 0 Å². The molecule has 0 atom stereocenters. The third-order valence-corrected chi connectivity index (χ3v) is 3.78. The molecule has 1 nitrogen and oxygen atoms in total. The van der Waals surface area contributed by atoms with Crippen molar-refractivity contribution in [2.45, 2.75) is 58.3 Å². The van der Waals surface area contributed by atoms with E-state index < -0.39 is 0 Å². The topological polar surface area (TPSA) is 12.0 Å². The lowest BCUT2D eigenvalue weighted by Gasteiger charge is -2.35. The zero-order valence-electron chi connectivity index (χ0n) is 12.6. The molecule has 2 heteroatoms. The Bertz CT molecular complexity index is 356. The normalized spacial score (nSPS) is 11.8. The molecule has 0 amide bonds. The van der Waals surface area contributed by atoms with Crippen molar-refractivity contribution in [1.82, 2.24) is 5.32 Å². The minimum absolute atomic E-state index is 0.0841. The van der Waals surface area contributed by atoms with Gasteiger partial charge in [0.1, 0.15) is 5.82 Å². The standard InChI is InChI=1S/C17H28FN/c1-4-10-17(11-5-2,14-19-12-6-3)15-8-7-9-16(18)13-15/h7-9,13,19H,4-6,10-12,14H2,1-3H3. The Hall–Kier alpha value is -0.890. The Morgan fingerprint density at radius 1 is 1.05 bits per heavy atom. The van der Waals surface area contributed by atoms with Crippen LogP contribution in [0.4, 0.5) is 4.39 Å². The van der Waals surface area contributed by atoms with Crippen LogP contribution < -0.4 is 5.32 Å². The van der Waals surface area contributed by atoms with Gasteiger partial charge in [-0.2, -0.15) is 0 Å². The zero-order chi connectivity index (χ0) is 14.1. The third-order valence-electron chi connectivity index (χ3n) is 3.78. The molecule has 0 aromatic heterocycles. The summed E-state index contributed by atoms with van der Waals surface area (Å²) in [6.07, 6.45) is 5.62. The maximum Gasteiger partial charge on any atom is 0.123 e. The SMILES string of the molecule is CCCNCC(CCC)(CCC)c1cccc(F)c1. The van der Waals surface area contributed by atoms with E-state index in [4.69, 9.17) is 0 Å². The monoisotopic (exact) mass is 265 g/mol. The predicted octanol–water partition coefficient (Wildman–Crippen LogP) is 4.66. The van der Waals surface area contributed by atoms with Crippen molar-refractivity contribution in [1.29, 1.82) is 0 Å². The van der Waals surface area contributed by atoms with Crippen LogP contribution in [-0.4, -0.2) is 13.1 Å². The van der Waals surface area contributed by atoms with E-state index in [9.17, 15) is 4.39 Å². The van der Waals surface area contributed by atoms with Gasteiger partial charge in [-0.15, -0.1) is 0 Å². The van der Waals surface area contributed by atoms with Gasteiger partial charge < -0.3 is 5.32 Å². The van der Waals surface area contributed by atoms with Gasteiger partial charge in [-0.05, 0) is 43.5 Å². The quantitative estimate of drug-likeness (QED) is 0.640. The summed E-state index contributed by atoms with van der Waals surface area (Å²) in [5, 5.41) is 3.54. The summed E-state index contributed by atoms with van der Waals surface area (Å²) in [5.41, 5.74) is 1.24. The van der Waals surface area contributed by atoms with Crippen molar-refractivity contribution in [3.05, 3.63) is 35.6 Å². The van der Waals surface area contributed by atoms with Gasteiger partial charge >= 0.3 is 0 Å². The number of benzene rings is 1. The fourth-order valence-corrected chi connectivity index (χ4v) is 2.97. The molecule has 108 valence electrons. The van der Waals surface area contributed by atoms with Crippen molar-refractivity contribution < 1.29 is 4.39 Å². The molecule has 1 aromatic carbocycles. The van der Waals surface area contributed by atoms with Crippen molar-refractivity contribution in [3.63, 3.8) is 0 Å². The largest absolute Gasteiger partial charge is 0.316 e. The van der Waals surface area contributed by atoms with Crippen LogP contribution in [0.5, 0.6) is 0 Å². The Balaban J connectivity index is 2.99. The molecule has 1 aromatic rings. The molecule has 19 heavy (non-hydrogen) atoms. The smallest absolute Gasteiger partial charge is 0.123 e. The van der Waals surface area contributed by atoms with Crippen LogP contribution in [0, 0.1) is 5.82 Å². The molecule has 0 bridgehead atoms. The average molecular weight is 265 g/mol. The molecule has 0 aliphatic carbocycles. The number of halogens is 1. The van der Waals surface area contributed by atoms with E-state index >= 15 is 0 Å². The van der Waals surface area contributed by atoms with Crippen molar-refractivity contribution in [2.75, 3.05) is 13.1 Å². The Morgan fingerprint density at radius 3 is 2.26 bits per heavy atom. The molecule has 0 aliphatic heterocycles. The van der Waals surface area contributed by atoms with Crippen LogP contribution in [0.15, 0.2) is 24.3 Å². The first-order valence-electron chi connectivity index (χ1n) is 7.65. The fourth-order valence-electron chi connectivity index (χ4n) is 2.97. The average Bonchev–Trinajstić information content (AvgIpc) is 2.39. The van der Waals surface area contributed by atoms with Crippen LogP contribution in [0.2, 0.25) is 0 Å². The lowest BCUT2D eigenvalue weighted by molar-refractivity contribution is 0.334. The maximum atomic E-state index is 13.5. The van der Waals surface area contributed by atoms with Crippen LogP contribution in [-0.2, 0) is 5.41 Å². The van der Waals surface area contributed by atoms with Gasteiger partial charge in [-0.25, -0.2) is 4.39 Å². The van der Waals surface area contributed by atoms with E-state index in [1.807, 2.05) is 6.07 Å². The molecule has 0 spiro atoms. The van der Waals surface area contributed by atoms with E-state index in [0.717, 1.165) is 50.8 Å². The molecule has 1 N–H and O–H groups in total. The van der Waals surface area contributed by atoms with Crippen LogP contribution in [0.1, 0.15) is 58.4 Å². The van der Waals surface area contributed by atoms with Gasteiger partial charge in [0.25, 0.3) is 0 Å². The molecule has 0 radical (unpaired) electrons. The molecule has 0 unspecified atom stereocenters. The predicted molar refractivity (Wildman–Crippen MR) is 81.1 cm³/mol. The highest BCUT2D eigenvalue weighted by Crippen LogP contribution is 2.34. The van der Waals surface area contributed by atoms with Crippen LogP contribution in [0.25, 0.3) is 0 Å². The lowest BCUT2D eigenvalue weighted by atomic mass is 9.73. The fraction of sp³-hybridized carbons (Fsp3) is 0.647. The highest BCUT2D eigenvalue weighted by atomic mass is 19.1. The molecule has 0 heterocycles. The first-order valence-corrected chi connectivity index (χ1v) is 7.65. The molecule has 1 rings (SSSR count). The summed E-state index contributed by atoms with van der Waals surface area (Å²) < 4.78 is 13.5. The summed E-state index contributed by atoms with van der Waals surface area (Å²) in [5.74, 6) is -0.121. The second-order valence-corrected chi connectivity index (χ2v) is 5.47. The lowest BCUT2D eigenvalue weighted by Crippen LogP contribution is -2.38. The Labute approximate surface area is 117 Å². The number of hydrogen-bond donors (Lipinski definition) is 1. The molecular weight excluding hydrogens is 237 g/mol. The van der Waals surface area contributed by atoms with Gasteiger partial charge in [-0.3, -0.25) is 0 Å². The minimum Gasteiger partial charge on any atom is -0.316 e. The van der Waals surface area contributed by atoms with Gasteiger partial charge in [0.2, 0.25) is 0 Å². The summed E-state index contributed by atoms with van der Waals surface area (Å²) in [4.78, 5) is 0. The zero-order valence-corrected chi connectivity index (χ0v) is 12.6. The first-order chi connectivity index (χ1) is 9.18. The number of rotatable bonds is 9. The van der Waals surface area contributed by atoms with Crippen molar-refractivity contribution in [3.8, 4) is 0 Å². The van der Waals surface area contributed by atoms with Crippen LogP contribution in [0.3, 0.4) is 0 Å². The minimum atomic E-state index is -0.121.